The van der Waals surface area contributed by atoms with E-state index in [0.29, 0.717) is 29.2 Å². The molecule has 29 heavy (non-hydrogen) atoms. The van der Waals surface area contributed by atoms with Crippen LogP contribution in [0.2, 0.25) is 5.02 Å². The zero-order chi connectivity index (χ0) is 20.7. The van der Waals surface area contributed by atoms with Gasteiger partial charge in [-0.15, -0.1) is 0 Å². The van der Waals surface area contributed by atoms with Crippen molar-refractivity contribution >= 4 is 29.2 Å². The number of carbonyl (C=O) groups excluding carboxylic acids is 2. The molecule has 11 heteroatoms. The number of carbonyl (C=O) groups is 2. The van der Waals surface area contributed by atoms with Gasteiger partial charge in [-0.25, -0.2) is 14.2 Å². The Morgan fingerprint density at radius 1 is 1.48 bits per heavy atom. The van der Waals surface area contributed by atoms with Crippen LogP contribution in [0.25, 0.3) is 0 Å². The molecule has 9 nitrogen and oxygen atoms in total. The second-order valence-corrected chi connectivity index (χ2v) is 7.33. The van der Waals surface area contributed by atoms with Gasteiger partial charge in [-0.05, 0) is 18.2 Å². The van der Waals surface area contributed by atoms with Crippen LogP contribution in [0.5, 0.6) is 0 Å². The minimum absolute atomic E-state index is 0.0165. The van der Waals surface area contributed by atoms with Crippen LogP contribution in [0, 0.1) is 5.82 Å². The Hall–Kier alpha value is -2.69. The summed E-state index contributed by atoms with van der Waals surface area (Å²) in [5, 5.41) is 17.8. The van der Waals surface area contributed by atoms with Crippen LogP contribution in [0.15, 0.2) is 18.2 Å². The van der Waals surface area contributed by atoms with E-state index in [2.05, 4.69) is 10.4 Å². The van der Waals surface area contributed by atoms with Gasteiger partial charge >= 0.3 is 6.03 Å². The van der Waals surface area contributed by atoms with Gasteiger partial charge in [0.05, 0.1) is 31.1 Å². The number of fused-ring (bicyclic) bond motifs is 3. The van der Waals surface area contributed by atoms with Crippen LogP contribution >= 0.6 is 11.6 Å². The first-order valence-electron chi connectivity index (χ1n) is 9.02. The SMILES string of the molecule is CN1O[C@H](CO)Cn2nc3c(c2C1=O)CN(C(=O)Nc1cc(Cl)ccc1F)CC3. The van der Waals surface area contributed by atoms with E-state index in [1.165, 1.54) is 34.8 Å². The molecule has 0 unspecified atom stereocenters. The lowest BCUT2D eigenvalue weighted by Crippen LogP contribution is -2.40. The van der Waals surface area contributed by atoms with E-state index in [1.807, 2.05) is 0 Å². The molecule has 2 N–H and O–H groups in total. The molecule has 154 valence electrons. The number of hydroxylamine groups is 2. The van der Waals surface area contributed by atoms with Crippen LogP contribution in [-0.4, -0.2) is 63.1 Å². The Labute approximate surface area is 170 Å². The third-order valence-corrected chi connectivity index (χ3v) is 5.17. The van der Waals surface area contributed by atoms with Crippen molar-refractivity contribution in [3.8, 4) is 0 Å². The number of urea groups is 1. The summed E-state index contributed by atoms with van der Waals surface area (Å²) in [7, 11) is 1.47. The van der Waals surface area contributed by atoms with E-state index < -0.39 is 23.9 Å². The molecular weight excluding hydrogens is 405 g/mol. The molecule has 0 aliphatic carbocycles. The van der Waals surface area contributed by atoms with Gasteiger partial charge in [-0.1, -0.05) is 11.6 Å². The number of halogens is 2. The van der Waals surface area contributed by atoms with Crippen molar-refractivity contribution in [2.24, 2.45) is 0 Å². The third kappa shape index (κ3) is 3.66. The maximum absolute atomic E-state index is 13.9. The summed E-state index contributed by atoms with van der Waals surface area (Å²) in [6.07, 6.45) is -0.153. The molecule has 0 bridgehead atoms. The van der Waals surface area contributed by atoms with Gasteiger partial charge in [0.15, 0.2) is 0 Å². The highest BCUT2D eigenvalue weighted by molar-refractivity contribution is 6.30. The molecule has 0 saturated carbocycles. The lowest BCUT2D eigenvalue weighted by atomic mass is 10.1. The number of anilines is 1. The average Bonchev–Trinajstić information content (AvgIpc) is 3.00. The van der Waals surface area contributed by atoms with Crippen LogP contribution < -0.4 is 5.32 Å². The van der Waals surface area contributed by atoms with Crippen molar-refractivity contribution in [2.75, 3.05) is 25.5 Å². The first-order chi connectivity index (χ1) is 13.9. The fraction of sp³-hybridized carbons (Fsp3) is 0.389. The van der Waals surface area contributed by atoms with Crippen molar-refractivity contribution in [1.82, 2.24) is 19.7 Å². The fourth-order valence-corrected chi connectivity index (χ4v) is 3.67. The monoisotopic (exact) mass is 423 g/mol. The zero-order valence-electron chi connectivity index (χ0n) is 15.6. The maximum atomic E-state index is 13.9. The summed E-state index contributed by atoms with van der Waals surface area (Å²) in [5.74, 6) is -0.998. The van der Waals surface area contributed by atoms with E-state index >= 15 is 0 Å². The van der Waals surface area contributed by atoms with Crippen molar-refractivity contribution < 1.29 is 23.9 Å². The van der Waals surface area contributed by atoms with Gasteiger partial charge in [-0.3, -0.25) is 14.3 Å². The van der Waals surface area contributed by atoms with Crippen molar-refractivity contribution in [3.05, 3.63) is 46.0 Å². The topological polar surface area (TPSA) is 99.9 Å². The first kappa shape index (κ1) is 19.6. The zero-order valence-corrected chi connectivity index (χ0v) is 16.3. The molecule has 3 amide bonds. The Bertz CT molecular complexity index is 981. The predicted octanol–water partition coefficient (Wildman–Crippen LogP) is 1.64. The van der Waals surface area contributed by atoms with Crippen LogP contribution in [-0.2, 0) is 24.3 Å². The third-order valence-electron chi connectivity index (χ3n) is 4.93. The molecular formula is C18H19ClFN5O4. The molecule has 2 aliphatic heterocycles. The number of aromatic nitrogens is 2. The Kier molecular flexibility index (Phi) is 5.15. The quantitative estimate of drug-likeness (QED) is 0.765. The Balaban J connectivity index is 1.59. The largest absolute Gasteiger partial charge is 0.393 e. The minimum Gasteiger partial charge on any atom is -0.393 e. The van der Waals surface area contributed by atoms with Crippen LogP contribution in [0.3, 0.4) is 0 Å². The number of aliphatic hydroxyl groups is 1. The lowest BCUT2D eigenvalue weighted by Gasteiger charge is -2.27. The molecule has 0 radical (unpaired) electrons. The van der Waals surface area contributed by atoms with Crippen molar-refractivity contribution in [2.45, 2.75) is 25.6 Å². The van der Waals surface area contributed by atoms with E-state index in [0.717, 1.165) is 10.8 Å². The van der Waals surface area contributed by atoms with Gasteiger partial charge in [0.1, 0.15) is 17.6 Å². The van der Waals surface area contributed by atoms with Gasteiger partial charge in [0.25, 0.3) is 5.91 Å². The molecule has 4 rings (SSSR count). The fourth-order valence-electron chi connectivity index (χ4n) is 3.50. The van der Waals surface area contributed by atoms with Gasteiger partial charge in [-0.2, -0.15) is 5.10 Å². The second kappa shape index (κ2) is 7.62. The predicted molar refractivity (Wildman–Crippen MR) is 101 cm³/mol. The average molecular weight is 424 g/mol. The van der Waals surface area contributed by atoms with E-state index in [9.17, 15) is 19.1 Å². The maximum Gasteiger partial charge on any atom is 0.322 e. The second-order valence-electron chi connectivity index (χ2n) is 6.89. The highest BCUT2D eigenvalue weighted by atomic mass is 35.5. The molecule has 2 aliphatic rings. The van der Waals surface area contributed by atoms with E-state index in [4.69, 9.17) is 16.4 Å². The summed E-state index contributed by atoms with van der Waals surface area (Å²) >= 11 is 5.87. The summed E-state index contributed by atoms with van der Waals surface area (Å²) in [5.41, 5.74) is 1.65. The highest BCUT2D eigenvalue weighted by Gasteiger charge is 2.35. The van der Waals surface area contributed by atoms with Crippen molar-refractivity contribution in [1.29, 1.82) is 0 Å². The number of aliphatic hydroxyl groups excluding tert-OH is 1. The summed E-state index contributed by atoms with van der Waals surface area (Å²) in [6, 6.07) is 3.40. The lowest BCUT2D eigenvalue weighted by molar-refractivity contribution is -0.159. The molecule has 0 spiro atoms. The Morgan fingerprint density at radius 3 is 3.03 bits per heavy atom. The molecule has 2 aromatic rings. The number of hydrogen-bond acceptors (Lipinski definition) is 5. The number of nitrogens with one attached hydrogen (secondary N) is 1. The van der Waals surface area contributed by atoms with E-state index in [-0.39, 0.29) is 25.4 Å². The number of hydrogen-bond donors (Lipinski definition) is 2. The van der Waals surface area contributed by atoms with Gasteiger partial charge in [0, 0.05) is 30.6 Å². The molecule has 0 fully saturated rings. The minimum atomic E-state index is -0.600. The van der Waals surface area contributed by atoms with Crippen LogP contribution in [0.1, 0.15) is 21.7 Å². The molecule has 0 saturated heterocycles. The molecule has 1 aromatic carbocycles. The summed E-state index contributed by atoms with van der Waals surface area (Å²) in [6.45, 7) is 0.458. The number of benzene rings is 1. The van der Waals surface area contributed by atoms with Crippen LogP contribution in [0.4, 0.5) is 14.9 Å². The van der Waals surface area contributed by atoms with E-state index in [1.54, 1.807) is 0 Å². The summed E-state index contributed by atoms with van der Waals surface area (Å²) < 4.78 is 15.5. The highest BCUT2D eigenvalue weighted by Crippen LogP contribution is 2.27. The van der Waals surface area contributed by atoms with Crippen molar-refractivity contribution in [3.63, 3.8) is 0 Å². The molecule has 1 atom stereocenters. The first-order valence-corrected chi connectivity index (χ1v) is 9.40. The normalized spacial score (nSPS) is 18.9. The molecule has 1 aromatic heterocycles. The number of rotatable bonds is 2. The van der Waals surface area contributed by atoms with Gasteiger partial charge in [0.2, 0.25) is 0 Å². The molecule has 3 heterocycles. The smallest absolute Gasteiger partial charge is 0.322 e. The number of nitrogens with zero attached hydrogens (tertiary/aromatic N) is 4. The number of amides is 3. The standard InChI is InChI=1S/C18H19ClFN5O4/c1-23-17(27)16-12-8-24(18(28)21-15-6-10(19)2-3-13(15)20)5-4-14(12)22-25(16)7-11(9-26)29-23/h2-3,6,11,26H,4-5,7-9H2,1H3,(H,21,28)/t11-/m0/s1. The Morgan fingerprint density at radius 2 is 2.28 bits per heavy atom. The van der Waals surface area contributed by atoms with Gasteiger partial charge < -0.3 is 15.3 Å². The summed E-state index contributed by atoms with van der Waals surface area (Å²) in [4.78, 5) is 32.3.